The third-order valence-corrected chi connectivity index (χ3v) is 4.54. The molecule has 0 saturated carbocycles. The van der Waals surface area contributed by atoms with Crippen LogP contribution in [0.15, 0.2) is 48.5 Å². The average Bonchev–Trinajstić information content (AvgIpc) is 2.83. The quantitative estimate of drug-likeness (QED) is 0.910. The van der Waals surface area contributed by atoms with Crippen LogP contribution in [0.5, 0.6) is 0 Å². The highest BCUT2D eigenvalue weighted by atomic mass is 16.3. The first-order valence-corrected chi connectivity index (χ1v) is 7.85. The van der Waals surface area contributed by atoms with Crippen LogP contribution < -0.4 is 10.2 Å². The van der Waals surface area contributed by atoms with Gasteiger partial charge < -0.3 is 15.3 Å². The summed E-state index contributed by atoms with van der Waals surface area (Å²) in [6.45, 7) is 2.15. The Morgan fingerprint density at radius 2 is 1.77 bits per heavy atom. The lowest BCUT2D eigenvalue weighted by Crippen LogP contribution is -2.31. The zero-order chi connectivity index (χ0) is 15.7. The molecule has 1 aliphatic rings. The Labute approximate surface area is 132 Å². The molecule has 3 heteroatoms. The van der Waals surface area contributed by atoms with Gasteiger partial charge in [0.1, 0.15) is 0 Å². The van der Waals surface area contributed by atoms with Gasteiger partial charge in [-0.2, -0.15) is 0 Å². The van der Waals surface area contributed by atoms with Crippen LogP contribution in [0.4, 0.5) is 5.69 Å². The number of nitrogens with one attached hydrogen (secondary N) is 1. The molecule has 3 unspecified atom stereocenters. The van der Waals surface area contributed by atoms with Crippen molar-refractivity contribution in [2.24, 2.45) is 0 Å². The van der Waals surface area contributed by atoms with E-state index in [1.165, 1.54) is 22.4 Å². The number of aliphatic hydroxyl groups excluding tert-OH is 1. The van der Waals surface area contributed by atoms with Crippen molar-refractivity contribution in [2.45, 2.75) is 31.5 Å². The molecule has 1 aliphatic carbocycles. The van der Waals surface area contributed by atoms with E-state index in [1.807, 2.05) is 26.2 Å². The Morgan fingerprint density at radius 3 is 2.45 bits per heavy atom. The maximum absolute atomic E-state index is 10.4. The summed E-state index contributed by atoms with van der Waals surface area (Å²) >= 11 is 0. The van der Waals surface area contributed by atoms with E-state index in [9.17, 15) is 5.11 Å². The molecule has 0 spiro atoms. The molecule has 3 nitrogen and oxygen atoms in total. The highest BCUT2D eigenvalue weighted by Gasteiger charge is 2.31. The van der Waals surface area contributed by atoms with Crippen LogP contribution >= 0.6 is 0 Å². The van der Waals surface area contributed by atoms with Crippen molar-refractivity contribution in [2.75, 3.05) is 19.0 Å². The number of anilines is 1. The molecule has 2 aromatic rings. The van der Waals surface area contributed by atoms with Crippen LogP contribution in [-0.4, -0.2) is 25.3 Å². The summed E-state index contributed by atoms with van der Waals surface area (Å²) in [6.07, 6.45) is 0.390. The van der Waals surface area contributed by atoms with Crippen molar-refractivity contribution in [3.8, 4) is 0 Å². The third-order valence-electron chi connectivity index (χ3n) is 4.54. The standard InChI is InChI=1S/C19H24N2O/c1-13(14-8-10-16(11-9-14)21(2)3)20-19-17-7-5-4-6-15(17)12-18(19)22/h4-11,13,18-20,22H,12H2,1-3H3. The molecular weight excluding hydrogens is 272 g/mol. The smallest absolute Gasteiger partial charge is 0.0775 e. The maximum Gasteiger partial charge on any atom is 0.0775 e. The van der Waals surface area contributed by atoms with Crippen LogP contribution in [0.25, 0.3) is 0 Å². The van der Waals surface area contributed by atoms with E-state index in [4.69, 9.17) is 0 Å². The summed E-state index contributed by atoms with van der Waals surface area (Å²) in [6, 6.07) is 17.1. The van der Waals surface area contributed by atoms with E-state index in [2.05, 4.69) is 53.5 Å². The Morgan fingerprint density at radius 1 is 1.09 bits per heavy atom. The number of rotatable bonds is 4. The monoisotopic (exact) mass is 296 g/mol. The van der Waals surface area contributed by atoms with Crippen molar-refractivity contribution in [3.63, 3.8) is 0 Å². The lowest BCUT2D eigenvalue weighted by atomic mass is 10.0. The van der Waals surface area contributed by atoms with Gasteiger partial charge in [0, 0.05) is 32.2 Å². The summed E-state index contributed by atoms with van der Waals surface area (Å²) in [5.41, 5.74) is 4.92. The number of nitrogens with zero attached hydrogens (tertiary/aromatic N) is 1. The predicted octanol–water partition coefficient (Wildman–Crippen LogP) is 3.06. The van der Waals surface area contributed by atoms with Crippen LogP contribution in [0.2, 0.25) is 0 Å². The van der Waals surface area contributed by atoms with Gasteiger partial charge in [-0.25, -0.2) is 0 Å². The largest absolute Gasteiger partial charge is 0.391 e. The lowest BCUT2D eigenvalue weighted by molar-refractivity contribution is 0.136. The van der Waals surface area contributed by atoms with Crippen LogP contribution in [0.1, 0.15) is 35.7 Å². The van der Waals surface area contributed by atoms with E-state index in [0.29, 0.717) is 0 Å². The van der Waals surface area contributed by atoms with Crippen molar-refractivity contribution in [1.29, 1.82) is 0 Å². The summed E-state index contributed by atoms with van der Waals surface area (Å²) in [5.74, 6) is 0. The van der Waals surface area contributed by atoms with E-state index >= 15 is 0 Å². The molecule has 0 aromatic heterocycles. The van der Waals surface area contributed by atoms with Crippen molar-refractivity contribution >= 4 is 5.69 Å². The van der Waals surface area contributed by atoms with Crippen molar-refractivity contribution < 1.29 is 5.11 Å². The van der Waals surface area contributed by atoms with Crippen molar-refractivity contribution in [3.05, 3.63) is 65.2 Å². The first-order chi connectivity index (χ1) is 10.6. The van der Waals surface area contributed by atoms with E-state index in [1.54, 1.807) is 0 Å². The minimum atomic E-state index is -0.346. The third kappa shape index (κ3) is 2.87. The molecule has 0 fully saturated rings. The molecule has 0 saturated heterocycles. The first-order valence-electron chi connectivity index (χ1n) is 7.85. The van der Waals surface area contributed by atoms with Gasteiger partial charge in [0.05, 0.1) is 12.1 Å². The highest BCUT2D eigenvalue weighted by Crippen LogP contribution is 2.33. The molecule has 22 heavy (non-hydrogen) atoms. The molecule has 3 rings (SSSR count). The van der Waals surface area contributed by atoms with Gasteiger partial charge in [-0.15, -0.1) is 0 Å². The second-order valence-corrected chi connectivity index (χ2v) is 6.32. The molecule has 0 heterocycles. The molecule has 3 atom stereocenters. The predicted molar refractivity (Wildman–Crippen MR) is 91.2 cm³/mol. The van der Waals surface area contributed by atoms with E-state index in [-0.39, 0.29) is 18.2 Å². The number of hydrogen-bond acceptors (Lipinski definition) is 3. The highest BCUT2D eigenvalue weighted by molar-refractivity contribution is 5.46. The molecule has 2 aromatic carbocycles. The molecule has 116 valence electrons. The molecule has 0 radical (unpaired) electrons. The summed E-state index contributed by atoms with van der Waals surface area (Å²) in [4.78, 5) is 2.10. The first kappa shape index (κ1) is 15.1. The fraction of sp³-hybridized carbons (Fsp3) is 0.368. The number of aliphatic hydroxyl groups is 1. The number of benzene rings is 2. The fourth-order valence-electron chi connectivity index (χ4n) is 3.20. The normalized spacial score (nSPS) is 21.5. The summed E-state index contributed by atoms with van der Waals surface area (Å²) in [5, 5.41) is 13.9. The summed E-state index contributed by atoms with van der Waals surface area (Å²) in [7, 11) is 4.09. The van der Waals surface area contributed by atoms with Crippen LogP contribution in [0, 0.1) is 0 Å². The van der Waals surface area contributed by atoms with Gasteiger partial charge in [-0.1, -0.05) is 36.4 Å². The molecular formula is C19H24N2O. The molecule has 0 bridgehead atoms. The molecule has 0 aliphatic heterocycles. The Kier molecular flexibility index (Phi) is 4.19. The zero-order valence-corrected chi connectivity index (χ0v) is 13.5. The topological polar surface area (TPSA) is 35.5 Å². The average molecular weight is 296 g/mol. The minimum Gasteiger partial charge on any atom is -0.391 e. The van der Waals surface area contributed by atoms with Gasteiger partial charge in [-0.05, 0) is 35.7 Å². The van der Waals surface area contributed by atoms with E-state index in [0.717, 1.165) is 6.42 Å². The maximum atomic E-state index is 10.4. The Hall–Kier alpha value is -1.84. The number of fused-ring (bicyclic) bond motifs is 1. The van der Waals surface area contributed by atoms with Crippen molar-refractivity contribution in [1.82, 2.24) is 5.32 Å². The second-order valence-electron chi connectivity index (χ2n) is 6.32. The molecule has 0 amide bonds. The van der Waals surface area contributed by atoms with Gasteiger partial charge in [0.15, 0.2) is 0 Å². The lowest BCUT2D eigenvalue weighted by Gasteiger charge is -2.24. The second kappa shape index (κ2) is 6.11. The zero-order valence-electron chi connectivity index (χ0n) is 13.5. The number of hydrogen-bond donors (Lipinski definition) is 2. The van der Waals surface area contributed by atoms with Crippen LogP contribution in [-0.2, 0) is 6.42 Å². The fourth-order valence-corrected chi connectivity index (χ4v) is 3.20. The van der Waals surface area contributed by atoms with Crippen LogP contribution in [0.3, 0.4) is 0 Å². The van der Waals surface area contributed by atoms with Gasteiger partial charge in [0.25, 0.3) is 0 Å². The Balaban J connectivity index is 1.75. The van der Waals surface area contributed by atoms with Gasteiger partial charge in [-0.3, -0.25) is 0 Å². The Bertz CT molecular complexity index is 636. The summed E-state index contributed by atoms with van der Waals surface area (Å²) < 4.78 is 0. The van der Waals surface area contributed by atoms with E-state index < -0.39 is 0 Å². The van der Waals surface area contributed by atoms with Gasteiger partial charge in [0.2, 0.25) is 0 Å². The molecule has 2 N–H and O–H groups in total. The SMILES string of the molecule is CC(NC1c2ccccc2CC1O)c1ccc(N(C)C)cc1. The van der Waals surface area contributed by atoms with Gasteiger partial charge >= 0.3 is 0 Å². The minimum absolute atomic E-state index is 0.0136.